The molecular weight excluding hydrogens is 354 g/mol. The van der Waals surface area contributed by atoms with Crippen LogP contribution in [0.3, 0.4) is 0 Å². The van der Waals surface area contributed by atoms with Crippen LogP contribution in [0.1, 0.15) is 25.3 Å². The first-order chi connectivity index (χ1) is 11.2. The molecule has 0 bridgehead atoms. The average molecular weight is 374 g/mol. The highest BCUT2D eigenvalue weighted by atomic mass is 79.9. The van der Waals surface area contributed by atoms with E-state index in [4.69, 9.17) is 0 Å². The fraction of sp³-hybridized carbons (Fsp3) is 0.278. The standard InChI is InChI=1S/C18H20BrN3O/c1-2-3-10-22-16-7-5-4-6-15(16)21-18(22)20-12-13-11-14(19)8-9-17(13)23/h4-9,11H,2-3,10,12H2,1H3,(H2,20,21,23). The van der Waals surface area contributed by atoms with Crippen molar-refractivity contribution in [2.75, 3.05) is 5.32 Å². The minimum absolute atomic E-state index is 0.0527. The van der Waals surface area contributed by atoms with Gasteiger partial charge in [0.05, 0.1) is 13.1 Å². The zero-order valence-corrected chi connectivity index (χ0v) is 14.7. The van der Waals surface area contributed by atoms with Crippen molar-refractivity contribution < 1.29 is 9.67 Å². The van der Waals surface area contributed by atoms with Gasteiger partial charge < -0.3 is 5.11 Å². The molecule has 0 aliphatic rings. The number of nitrogens with one attached hydrogen (secondary N) is 2. The van der Waals surface area contributed by atoms with E-state index in [0.717, 1.165) is 40.9 Å². The smallest absolute Gasteiger partial charge is 0.356 e. The zero-order chi connectivity index (χ0) is 16.2. The molecule has 2 N–H and O–H groups in total. The van der Waals surface area contributed by atoms with Gasteiger partial charge in [0, 0.05) is 4.47 Å². The Bertz CT molecular complexity index is 813. The molecule has 0 saturated heterocycles. The number of anilines is 1. The van der Waals surface area contributed by atoms with Crippen molar-refractivity contribution >= 4 is 32.9 Å². The number of aryl methyl sites for hydroxylation is 1. The van der Waals surface area contributed by atoms with Gasteiger partial charge in [-0.25, -0.2) is 9.55 Å². The van der Waals surface area contributed by atoms with E-state index in [1.807, 2.05) is 18.2 Å². The normalized spacial score (nSPS) is 11.0. The van der Waals surface area contributed by atoms with Crippen molar-refractivity contribution in [2.45, 2.75) is 32.9 Å². The van der Waals surface area contributed by atoms with Gasteiger partial charge in [-0.1, -0.05) is 47.5 Å². The largest absolute Gasteiger partial charge is 0.872 e. The number of hydrogen-bond acceptors (Lipinski definition) is 2. The third-order valence-corrected chi connectivity index (χ3v) is 4.42. The van der Waals surface area contributed by atoms with Crippen LogP contribution in [0.2, 0.25) is 0 Å². The number of halogens is 1. The monoisotopic (exact) mass is 373 g/mol. The van der Waals surface area contributed by atoms with Crippen LogP contribution < -0.4 is 15.0 Å². The summed E-state index contributed by atoms with van der Waals surface area (Å²) in [5.41, 5.74) is 3.03. The Morgan fingerprint density at radius 2 is 2.04 bits per heavy atom. The van der Waals surface area contributed by atoms with Gasteiger partial charge in [-0.15, -0.1) is 5.75 Å². The van der Waals surface area contributed by atoms with Crippen LogP contribution in [0.25, 0.3) is 11.0 Å². The maximum Gasteiger partial charge on any atom is 0.356 e. The Balaban J connectivity index is 1.88. The van der Waals surface area contributed by atoms with Crippen molar-refractivity contribution in [3.63, 3.8) is 0 Å². The lowest BCUT2D eigenvalue weighted by Gasteiger charge is -2.12. The van der Waals surface area contributed by atoms with Crippen LogP contribution in [0.5, 0.6) is 5.75 Å². The third-order valence-electron chi connectivity index (χ3n) is 3.92. The number of benzene rings is 2. The molecule has 3 aromatic rings. The Labute approximate surface area is 144 Å². The summed E-state index contributed by atoms with van der Waals surface area (Å²) >= 11 is 3.42. The number of imidazole rings is 1. The number of H-pyrrole nitrogens is 1. The van der Waals surface area contributed by atoms with E-state index >= 15 is 0 Å². The number of unbranched alkanes of at least 4 members (excludes halogenated alkanes) is 1. The first-order valence-electron chi connectivity index (χ1n) is 7.89. The summed E-state index contributed by atoms with van der Waals surface area (Å²) in [5, 5.41) is 15.3. The molecule has 23 heavy (non-hydrogen) atoms. The SMILES string of the molecule is CCCC[n+]1c(NCc2cc(Br)ccc2[O-])[nH]c2ccccc21. The molecular formula is C18H20BrN3O. The van der Waals surface area contributed by atoms with Gasteiger partial charge in [-0.2, -0.15) is 0 Å². The first-order valence-corrected chi connectivity index (χ1v) is 8.68. The summed E-state index contributed by atoms with van der Waals surface area (Å²) < 4.78 is 3.17. The van der Waals surface area contributed by atoms with Crippen molar-refractivity contribution in [3.05, 3.63) is 52.5 Å². The molecule has 0 unspecified atom stereocenters. The topological polar surface area (TPSA) is 54.8 Å². The second-order valence-electron chi connectivity index (χ2n) is 5.60. The number of hydrogen-bond donors (Lipinski definition) is 2. The average Bonchev–Trinajstić information content (AvgIpc) is 2.91. The maximum absolute atomic E-state index is 11.9. The van der Waals surface area contributed by atoms with E-state index in [-0.39, 0.29) is 5.75 Å². The molecule has 1 heterocycles. The molecule has 5 heteroatoms. The Kier molecular flexibility index (Phi) is 4.86. The summed E-state index contributed by atoms with van der Waals surface area (Å²) in [5.74, 6) is 0.996. The van der Waals surface area contributed by atoms with Gasteiger partial charge in [0.25, 0.3) is 0 Å². The van der Waals surface area contributed by atoms with E-state index in [0.29, 0.717) is 6.54 Å². The van der Waals surface area contributed by atoms with Crippen LogP contribution >= 0.6 is 15.9 Å². The van der Waals surface area contributed by atoms with Crippen molar-refractivity contribution in [1.29, 1.82) is 0 Å². The zero-order valence-electron chi connectivity index (χ0n) is 13.1. The lowest BCUT2D eigenvalue weighted by Crippen LogP contribution is -2.36. The summed E-state index contributed by atoms with van der Waals surface area (Å²) in [4.78, 5) is 3.42. The quantitative estimate of drug-likeness (QED) is 0.647. The minimum atomic E-state index is 0.0527. The Morgan fingerprint density at radius 1 is 1.22 bits per heavy atom. The van der Waals surface area contributed by atoms with Gasteiger partial charge in [0.15, 0.2) is 0 Å². The second kappa shape index (κ2) is 7.04. The van der Waals surface area contributed by atoms with Crippen LogP contribution in [-0.4, -0.2) is 4.98 Å². The van der Waals surface area contributed by atoms with Crippen molar-refractivity contribution in [3.8, 4) is 5.75 Å². The van der Waals surface area contributed by atoms with Crippen molar-refractivity contribution in [2.24, 2.45) is 0 Å². The number of rotatable bonds is 6. The summed E-state index contributed by atoms with van der Waals surface area (Å²) in [6.45, 7) is 3.64. The van der Waals surface area contributed by atoms with E-state index in [1.54, 1.807) is 12.1 Å². The summed E-state index contributed by atoms with van der Waals surface area (Å²) in [6, 6.07) is 13.5. The molecule has 0 amide bonds. The molecule has 1 aromatic heterocycles. The summed E-state index contributed by atoms with van der Waals surface area (Å²) in [6.07, 6.45) is 2.26. The molecule has 0 radical (unpaired) electrons. The maximum atomic E-state index is 11.9. The third kappa shape index (κ3) is 3.50. The molecule has 0 spiro atoms. The van der Waals surface area contributed by atoms with Crippen LogP contribution in [0.15, 0.2) is 46.9 Å². The predicted molar refractivity (Wildman–Crippen MR) is 94.3 cm³/mol. The highest BCUT2D eigenvalue weighted by Gasteiger charge is 2.16. The first kappa shape index (κ1) is 15.9. The van der Waals surface area contributed by atoms with Gasteiger partial charge >= 0.3 is 5.95 Å². The van der Waals surface area contributed by atoms with Gasteiger partial charge in [0.1, 0.15) is 11.0 Å². The van der Waals surface area contributed by atoms with Gasteiger partial charge in [0.2, 0.25) is 0 Å². The molecule has 0 aliphatic carbocycles. The molecule has 0 aliphatic heterocycles. The lowest BCUT2D eigenvalue weighted by atomic mass is 10.2. The molecule has 0 fully saturated rings. The Hall–Kier alpha value is -2.01. The highest BCUT2D eigenvalue weighted by molar-refractivity contribution is 9.10. The minimum Gasteiger partial charge on any atom is -0.872 e. The van der Waals surface area contributed by atoms with Crippen LogP contribution in [-0.2, 0) is 13.1 Å². The second-order valence-corrected chi connectivity index (χ2v) is 6.52. The van der Waals surface area contributed by atoms with Gasteiger partial charge in [-0.3, -0.25) is 5.32 Å². The number of fused-ring (bicyclic) bond motifs is 1. The van der Waals surface area contributed by atoms with E-state index in [2.05, 4.69) is 49.9 Å². The number of nitrogens with zero attached hydrogens (tertiary/aromatic N) is 1. The molecule has 0 atom stereocenters. The molecule has 4 nitrogen and oxygen atoms in total. The fourth-order valence-corrected chi connectivity index (χ4v) is 3.09. The van der Waals surface area contributed by atoms with E-state index in [1.165, 1.54) is 5.52 Å². The van der Waals surface area contributed by atoms with Crippen molar-refractivity contribution in [1.82, 2.24) is 4.98 Å². The molecule has 120 valence electrons. The van der Waals surface area contributed by atoms with Crippen LogP contribution in [0, 0.1) is 0 Å². The number of aromatic nitrogens is 2. The lowest BCUT2D eigenvalue weighted by molar-refractivity contribution is -0.657. The molecule has 2 aromatic carbocycles. The molecule has 3 rings (SSSR count). The highest BCUT2D eigenvalue weighted by Crippen LogP contribution is 2.21. The number of aromatic amines is 1. The van der Waals surface area contributed by atoms with Gasteiger partial charge in [-0.05, 0) is 36.2 Å². The summed E-state index contributed by atoms with van der Waals surface area (Å²) in [7, 11) is 0. The molecule has 0 saturated carbocycles. The van der Waals surface area contributed by atoms with E-state index in [9.17, 15) is 5.11 Å². The van der Waals surface area contributed by atoms with Crippen LogP contribution in [0.4, 0.5) is 5.95 Å². The number of para-hydroxylation sites is 2. The fourth-order valence-electron chi connectivity index (χ4n) is 2.68. The predicted octanol–water partition coefficient (Wildman–Crippen LogP) is 3.70. The van der Waals surface area contributed by atoms with E-state index < -0.39 is 0 Å². The Morgan fingerprint density at radius 3 is 2.87 bits per heavy atom.